The van der Waals surface area contributed by atoms with E-state index in [1.54, 1.807) is 0 Å². The topological polar surface area (TPSA) is 23.5 Å². The SMILES string of the molecule is CCC(C)c1ccc(N(C)CCO)cc1. The highest BCUT2D eigenvalue weighted by molar-refractivity contribution is 5.47. The first-order valence-corrected chi connectivity index (χ1v) is 5.61. The maximum atomic E-state index is 8.84. The van der Waals surface area contributed by atoms with Crippen LogP contribution < -0.4 is 4.90 Å². The van der Waals surface area contributed by atoms with Crippen LogP contribution in [0.15, 0.2) is 24.3 Å². The second kappa shape index (κ2) is 5.76. The number of hydrogen-bond acceptors (Lipinski definition) is 2. The maximum Gasteiger partial charge on any atom is 0.0606 e. The third kappa shape index (κ3) is 3.24. The van der Waals surface area contributed by atoms with Crippen molar-refractivity contribution in [2.45, 2.75) is 26.2 Å². The number of hydrogen-bond donors (Lipinski definition) is 1. The smallest absolute Gasteiger partial charge is 0.0606 e. The molecule has 0 aromatic heterocycles. The standard InChI is InChI=1S/C13H21NO/c1-4-11(2)12-5-7-13(8-6-12)14(3)9-10-15/h5-8,11,15H,4,9-10H2,1-3H3. The summed E-state index contributed by atoms with van der Waals surface area (Å²) in [5, 5.41) is 8.84. The Balaban J connectivity index is 2.71. The third-order valence-electron chi connectivity index (χ3n) is 2.95. The van der Waals surface area contributed by atoms with Crippen molar-refractivity contribution in [3.63, 3.8) is 0 Å². The van der Waals surface area contributed by atoms with Crippen LogP contribution in [0.2, 0.25) is 0 Å². The van der Waals surface area contributed by atoms with Gasteiger partial charge in [0.25, 0.3) is 0 Å². The number of rotatable bonds is 5. The van der Waals surface area contributed by atoms with Crippen LogP contribution in [-0.2, 0) is 0 Å². The van der Waals surface area contributed by atoms with E-state index in [1.807, 2.05) is 7.05 Å². The molecule has 1 N–H and O–H groups in total. The summed E-state index contributed by atoms with van der Waals surface area (Å²) in [4.78, 5) is 2.06. The van der Waals surface area contributed by atoms with Gasteiger partial charge in [0.15, 0.2) is 0 Å². The fraction of sp³-hybridized carbons (Fsp3) is 0.538. The molecule has 0 saturated heterocycles. The summed E-state index contributed by atoms with van der Waals surface area (Å²) in [5.74, 6) is 0.627. The van der Waals surface area contributed by atoms with Crippen LogP contribution in [0, 0.1) is 0 Å². The second-order valence-electron chi connectivity index (χ2n) is 4.05. The predicted octanol–water partition coefficient (Wildman–Crippen LogP) is 2.63. The third-order valence-corrected chi connectivity index (χ3v) is 2.95. The minimum atomic E-state index is 0.198. The molecule has 15 heavy (non-hydrogen) atoms. The first-order chi connectivity index (χ1) is 7.19. The zero-order valence-corrected chi connectivity index (χ0v) is 9.90. The van der Waals surface area contributed by atoms with E-state index < -0.39 is 0 Å². The van der Waals surface area contributed by atoms with Gasteiger partial charge in [0.05, 0.1) is 6.61 Å². The second-order valence-corrected chi connectivity index (χ2v) is 4.05. The van der Waals surface area contributed by atoms with Crippen molar-refractivity contribution >= 4 is 5.69 Å². The van der Waals surface area contributed by atoms with Crippen LogP contribution in [-0.4, -0.2) is 25.3 Å². The highest BCUT2D eigenvalue weighted by atomic mass is 16.3. The van der Waals surface area contributed by atoms with E-state index in [0.29, 0.717) is 12.5 Å². The molecular weight excluding hydrogens is 186 g/mol. The highest BCUT2D eigenvalue weighted by Crippen LogP contribution is 2.21. The fourth-order valence-electron chi connectivity index (χ4n) is 1.57. The normalized spacial score (nSPS) is 12.5. The molecule has 2 heteroatoms. The maximum absolute atomic E-state index is 8.84. The molecule has 0 aliphatic rings. The van der Waals surface area contributed by atoms with Crippen LogP contribution in [0.5, 0.6) is 0 Å². The van der Waals surface area contributed by atoms with Gasteiger partial charge in [0.1, 0.15) is 0 Å². The van der Waals surface area contributed by atoms with Gasteiger partial charge in [0, 0.05) is 19.3 Å². The minimum Gasteiger partial charge on any atom is -0.395 e. The van der Waals surface area contributed by atoms with Gasteiger partial charge in [-0.3, -0.25) is 0 Å². The van der Waals surface area contributed by atoms with Crippen molar-refractivity contribution in [1.29, 1.82) is 0 Å². The molecule has 2 nitrogen and oxygen atoms in total. The lowest BCUT2D eigenvalue weighted by atomic mass is 9.98. The summed E-state index contributed by atoms with van der Waals surface area (Å²) in [7, 11) is 1.99. The van der Waals surface area contributed by atoms with E-state index in [0.717, 1.165) is 5.69 Å². The van der Waals surface area contributed by atoms with Crippen LogP contribution in [0.25, 0.3) is 0 Å². The summed E-state index contributed by atoms with van der Waals surface area (Å²) in [6, 6.07) is 8.60. The highest BCUT2D eigenvalue weighted by Gasteiger charge is 2.04. The number of anilines is 1. The molecule has 0 bridgehead atoms. The first-order valence-electron chi connectivity index (χ1n) is 5.61. The summed E-state index contributed by atoms with van der Waals surface area (Å²) in [6.07, 6.45) is 1.17. The van der Waals surface area contributed by atoms with Gasteiger partial charge in [-0.25, -0.2) is 0 Å². The molecule has 0 saturated carbocycles. The van der Waals surface area contributed by atoms with Gasteiger partial charge in [-0.2, -0.15) is 0 Å². The Morgan fingerprint density at radius 3 is 2.33 bits per heavy atom. The largest absolute Gasteiger partial charge is 0.395 e. The predicted molar refractivity (Wildman–Crippen MR) is 65.5 cm³/mol. The van der Waals surface area contributed by atoms with Crippen molar-refractivity contribution in [1.82, 2.24) is 0 Å². The lowest BCUT2D eigenvalue weighted by Crippen LogP contribution is -2.20. The van der Waals surface area contributed by atoms with E-state index in [4.69, 9.17) is 5.11 Å². The van der Waals surface area contributed by atoms with Gasteiger partial charge in [-0.05, 0) is 30.0 Å². The van der Waals surface area contributed by atoms with Crippen molar-refractivity contribution < 1.29 is 5.11 Å². The molecule has 0 heterocycles. The van der Waals surface area contributed by atoms with E-state index in [-0.39, 0.29) is 6.61 Å². The van der Waals surface area contributed by atoms with E-state index in [2.05, 4.69) is 43.0 Å². The van der Waals surface area contributed by atoms with Crippen molar-refractivity contribution in [3.05, 3.63) is 29.8 Å². The molecule has 0 radical (unpaired) electrons. The molecular formula is C13H21NO. The van der Waals surface area contributed by atoms with Crippen molar-refractivity contribution in [2.24, 2.45) is 0 Å². The zero-order chi connectivity index (χ0) is 11.3. The Bertz CT molecular complexity index is 281. The number of aliphatic hydroxyl groups is 1. The Hall–Kier alpha value is -1.02. The summed E-state index contributed by atoms with van der Waals surface area (Å²) in [6.45, 7) is 5.33. The zero-order valence-electron chi connectivity index (χ0n) is 9.90. The lowest BCUT2D eigenvalue weighted by molar-refractivity contribution is 0.304. The molecule has 0 aliphatic heterocycles. The fourth-order valence-corrected chi connectivity index (χ4v) is 1.57. The Labute approximate surface area is 92.5 Å². The van der Waals surface area contributed by atoms with Crippen molar-refractivity contribution in [3.8, 4) is 0 Å². The summed E-state index contributed by atoms with van der Waals surface area (Å²) < 4.78 is 0. The van der Waals surface area contributed by atoms with Crippen molar-refractivity contribution in [2.75, 3.05) is 25.1 Å². The molecule has 0 fully saturated rings. The quantitative estimate of drug-likeness (QED) is 0.802. The molecule has 1 aromatic rings. The molecule has 1 rings (SSSR count). The monoisotopic (exact) mass is 207 g/mol. The molecule has 84 valence electrons. The minimum absolute atomic E-state index is 0.198. The average Bonchev–Trinajstić information content (AvgIpc) is 2.28. The first kappa shape index (κ1) is 12.1. The van der Waals surface area contributed by atoms with E-state index in [1.165, 1.54) is 12.0 Å². The number of benzene rings is 1. The number of aliphatic hydroxyl groups excluding tert-OH is 1. The van der Waals surface area contributed by atoms with Crippen LogP contribution in [0.3, 0.4) is 0 Å². The molecule has 1 aromatic carbocycles. The van der Waals surface area contributed by atoms with Crippen LogP contribution in [0.4, 0.5) is 5.69 Å². The Morgan fingerprint density at radius 2 is 1.87 bits per heavy atom. The molecule has 1 unspecified atom stereocenters. The number of nitrogens with zero attached hydrogens (tertiary/aromatic N) is 1. The summed E-state index contributed by atoms with van der Waals surface area (Å²) >= 11 is 0. The molecule has 0 aliphatic carbocycles. The lowest BCUT2D eigenvalue weighted by Gasteiger charge is -2.19. The Morgan fingerprint density at radius 1 is 1.27 bits per heavy atom. The van der Waals surface area contributed by atoms with Gasteiger partial charge >= 0.3 is 0 Å². The van der Waals surface area contributed by atoms with Crippen LogP contribution in [0.1, 0.15) is 31.7 Å². The van der Waals surface area contributed by atoms with Gasteiger partial charge in [0.2, 0.25) is 0 Å². The number of likely N-dealkylation sites (N-methyl/N-ethyl adjacent to an activating group) is 1. The van der Waals surface area contributed by atoms with E-state index in [9.17, 15) is 0 Å². The molecule has 1 atom stereocenters. The van der Waals surface area contributed by atoms with Gasteiger partial charge in [-0.15, -0.1) is 0 Å². The van der Waals surface area contributed by atoms with Gasteiger partial charge < -0.3 is 10.0 Å². The van der Waals surface area contributed by atoms with Crippen LogP contribution >= 0.6 is 0 Å². The van der Waals surface area contributed by atoms with Gasteiger partial charge in [-0.1, -0.05) is 26.0 Å². The average molecular weight is 207 g/mol. The van der Waals surface area contributed by atoms with E-state index >= 15 is 0 Å². The summed E-state index contributed by atoms with van der Waals surface area (Å²) in [5.41, 5.74) is 2.55. The molecule has 0 spiro atoms. The Kier molecular flexibility index (Phi) is 4.63. The molecule has 0 amide bonds.